The van der Waals surface area contributed by atoms with Crippen molar-refractivity contribution in [2.24, 2.45) is 0 Å². The number of hydrogen-bond donors (Lipinski definition) is 1. The van der Waals surface area contributed by atoms with Crippen molar-refractivity contribution in [3.8, 4) is 0 Å². The van der Waals surface area contributed by atoms with Gasteiger partial charge < -0.3 is 19.4 Å². The third kappa shape index (κ3) is 6.61. The normalized spacial score (nSPS) is 11.1. The lowest BCUT2D eigenvalue weighted by atomic mass is 10.1. The average Bonchev–Trinajstić information content (AvgIpc) is 3.22. The number of carbonyl (C=O) groups excluding carboxylic acids is 3. The highest BCUT2D eigenvalue weighted by atomic mass is 16.5. The van der Waals surface area contributed by atoms with Gasteiger partial charge in [0.1, 0.15) is 5.76 Å². The summed E-state index contributed by atoms with van der Waals surface area (Å²) in [5.41, 5.74) is -0.388. The fourth-order valence-electron chi connectivity index (χ4n) is 2.20. The van der Waals surface area contributed by atoms with E-state index in [4.69, 9.17) is 9.15 Å². The van der Waals surface area contributed by atoms with E-state index < -0.39 is 18.5 Å². The van der Waals surface area contributed by atoms with E-state index in [9.17, 15) is 14.4 Å². The minimum absolute atomic E-state index is 0.00177. The molecule has 0 unspecified atom stereocenters. The highest BCUT2D eigenvalue weighted by molar-refractivity contribution is 5.90. The topological polar surface area (TPSA) is 107 Å². The lowest BCUT2D eigenvalue weighted by Crippen LogP contribution is -2.46. The standard InChI is InChI=1S/C18H24N4O5/c1-18(2,3)20-15(23)11-21(4)16(24)12-26-17(25)14-7-6-13(27-14)10-22-9-5-8-19-22/h5-9H,10-12H2,1-4H3,(H,20,23). The molecule has 0 aliphatic rings. The van der Waals surface area contributed by atoms with Crippen molar-refractivity contribution in [1.82, 2.24) is 20.0 Å². The Morgan fingerprint density at radius 2 is 2.04 bits per heavy atom. The van der Waals surface area contributed by atoms with Crippen molar-refractivity contribution in [3.63, 3.8) is 0 Å². The zero-order chi connectivity index (χ0) is 20.0. The third-order valence-electron chi connectivity index (χ3n) is 3.39. The van der Waals surface area contributed by atoms with E-state index in [-0.39, 0.29) is 23.8 Å². The molecule has 0 fully saturated rings. The molecular formula is C18H24N4O5. The van der Waals surface area contributed by atoms with Crippen molar-refractivity contribution >= 4 is 17.8 Å². The van der Waals surface area contributed by atoms with E-state index in [0.717, 1.165) is 0 Å². The van der Waals surface area contributed by atoms with E-state index in [1.807, 2.05) is 20.8 Å². The number of amides is 2. The van der Waals surface area contributed by atoms with Gasteiger partial charge in [-0.2, -0.15) is 5.10 Å². The lowest BCUT2D eigenvalue weighted by Gasteiger charge is -2.23. The minimum atomic E-state index is -0.748. The third-order valence-corrected chi connectivity index (χ3v) is 3.39. The van der Waals surface area contributed by atoms with Crippen LogP contribution in [0, 0.1) is 0 Å². The number of aromatic nitrogens is 2. The first-order valence-corrected chi connectivity index (χ1v) is 8.42. The predicted molar refractivity (Wildman–Crippen MR) is 95.9 cm³/mol. The van der Waals surface area contributed by atoms with Gasteiger partial charge in [0.05, 0.1) is 13.1 Å². The SMILES string of the molecule is CN(CC(=O)NC(C)(C)C)C(=O)COC(=O)c1ccc(Cn2cccn2)o1. The second-order valence-electron chi connectivity index (χ2n) is 7.09. The first-order valence-electron chi connectivity index (χ1n) is 8.42. The minimum Gasteiger partial charge on any atom is -0.452 e. The van der Waals surface area contributed by atoms with E-state index in [0.29, 0.717) is 12.3 Å². The molecule has 0 radical (unpaired) electrons. The van der Waals surface area contributed by atoms with Crippen LogP contribution in [0.25, 0.3) is 0 Å². The Morgan fingerprint density at radius 1 is 1.30 bits per heavy atom. The Labute approximate surface area is 157 Å². The van der Waals surface area contributed by atoms with Gasteiger partial charge in [0.15, 0.2) is 6.61 Å². The highest BCUT2D eigenvalue weighted by Crippen LogP contribution is 2.10. The summed E-state index contributed by atoms with van der Waals surface area (Å²) >= 11 is 0. The zero-order valence-electron chi connectivity index (χ0n) is 15.9. The van der Waals surface area contributed by atoms with E-state index in [1.54, 1.807) is 29.2 Å². The molecule has 2 aromatic heterocycles. The maximum atomic E-state index is 12.0. The van der Waals surface area contributed by atoms with E-state index in [1.165, 1.54) is 18.0 Å². The summed E-state index contributed by atoms with van der Waals surface area (Å²) in [4.78, 5) is 37.1. The predicted octanol–water partition coefficient (Wildman–Crippen LogP) is 1.05. The van der Waals surface area contributed by atoms with Crippen LogP contribution in [0.3, 0.4) is 0 Å². The molecule has 0 saturated carbocycles. The van der Waals surface area contributed by atoms with Crippen molar-refractivity contribution in [2.45, 2.75) is 32.9 Å². The van der Waals surface area contributed by atoms with E-state index >= 15 is 0 Å². The molecule has 0 aromatic carbocycles. The summed E-state index contributed by atoms with van der Waals surface area (Å²) in [6.45, 7) is 5.32. The summed E-state index contributed by atoms with van der Waals surface area (Å²) in [6, 6.07) is 4.90. The number of likely N-dealkylation sites (N-methyl/N-ethyl adjacent to an activating group) is 1. The van der Waals surface area contributed by atoms with Crippen LogP contribution in [0.2, 0.25) is 0 Å². The Morgan fingerprint density at radius 3 is 2.67 bits per heavy atom. The quantitative estimate of drug-likeness (QED) is 0.724. The molecule has 146 valence electrons. The Hall–Kier alpha value is -3.10. The van der Waals surface area contributed by atoms with E-state index in [2.05, 4.69) is 10.4 Å². The largest absolute Gasteiger partial charge is 0.452 e. The highest BCUT2D eigenvalue weighted by Gasteiger charge is 2.20. The molecule has 9 heteroatoms. The Balaban J connectivity index is 1.80. The smallest absolute Gasteiger partial charge is 0.374 e. The van der Waals surface area contributed by atoms with Gasteiger partial charge in [-0.05, 0) is 39.0 Å². The molecule has 0 saturated heterocycles. The van der Waals surface area contributed by atoms with Gasteiger partial charge in [-0.15, -0.1) is 0 Å². The van der Waals surface area contributed by atoms with Gasteiger partial charge in [-0.1, -0.05) is 0 Å². The molecular weight excluding hydrogens is 352 g/mol. The van der Waals surface area contributed by atoms with Crippen LogP contribution in [0.15, 0.2) is 35.0 Å². The molecule has 9 nitrogen and oxygen atoms in total. The Kier molecular flexibility index (Phi) is 6.38. The number of nitrogens with zero attached hydrogens (tertiary/aromatic N) is 3. The average molecular weight is 376 g/mol. The fraction of sp³-hybridized carbons (Fsp3) is 0.444. The first kappa shape index (κ1) is 20.2. The number of nitrogens with one attached hydrogen (secondary N) is 1. The molecule has 27 heavy (non-hydrogen) atoms. The van der Waals surface area contributed by atoms with Crippen LogP contribution in [0.5, 0.6) is 0 Å². The van der Waals surface area contributed by atoms with Crippen molar-refractivity contribution in [3.05, 3.63) is 42.1 Å². The van der Waals surface area contributed by atoms with Crippen molar-refractivity contribution in [2.75, 3.05) is 20.2 Å². The number of ether oxygens (including phenoxy) is 1. The van der Waals surface area contributed by atoms with Crippen LogP contribution in [-0.2, 0) is 20.9 Å². The first-order chi connectivity index (χ1) is 12.6. The summed E-state index contributed by atoms with van der Waals surface area (Å²) in [5.74, 6) is -0.997. The van der Waals surface area contributed by atoms with Gasteiger partial charge in [-0.3, -0.25) is 14.3 Å². The van der Waals surface area contributed by atoms with Gasteiger partial charge in [0.2, 0.25) is 11.7 Å². The maximum absolute atomic E-state index is 12.0. The number of carbonyl (C=O) groups is 3. The van der Waals surface area contributed by atoms with Gasteiger partial charge in [0.25, 0.3) is 5.91 Å². The number of esters is 1. The van der Waals surface area contributed by atoms with Gasteiger partial charge in [0, 0.05) is 25.0 Å². The fourth-order valence-corrected chi connectivity index (χ4v) is 2.20. The van der Waals surface area contributed by atoms with Crippen molar-refractivity contribution in [1.29, 1.82) is 0 Å². The molecule has 0 bridgehead atoms. The summed E-state index contributed by atoms with van der Waals surface area (Å²) in [6.07, 6.45) is 3.41. The maximum Gasteiger partial charge on any atom is 0.374 e. The Bertz CT molecular complexity index is 789. The molecule has 0 atom stereocenters. The van der Waals surface area contributed by atoms with Gasteiger partial charge >= 0.3 is 5.97 Å². The number of rotatable bonds is 7. The second kappa shape index (κ2) is 8.52. The molecule has 2 aromatic rings. The molecule has 2 amide bonds. The summed E-state index contributed by atoms with van der Waals surface area (Å²) < 4.78 is 12.0. The van der Waals surface area contributed by atoms with Gasteiger partial charge in [-0.25, -0.2) is 4.79 Å². The number of furan rings is 1. The summed E-state index contributed by atoms with van der Waals surface area (Å²) in [7, 11) is 1.47. The zero-order valence-corrected chi connectivity index (χ0v) is 15.9. The lowest BCUT2D eigenvalue weighted by molar-refractivity contribution is -0.137. The van der Waals surface area contributed by atoms with Crippen LogP contribution in [-0.4, -0.2) is 58.2 Å². The summed E-state index contributed by atoms with van der Waals surface area (Å²) in [5, 5.41) is 6.80. The van der Waals surface area contributed by atoms with Crippen LogP contribution < -0.4 is 5.32 Å². The van der Waals surface area contributed by atoms with Crippen LogP contribution >= 0.6 is 0 Å². The molecule has 2 rings (SSSR count). The molecule has 1 N–H and O–H groups in total. The molecule has 0 aliphatic heterocycles. The second-order valence-corrected chi connectivity index (χ2v) is 7.09. The number of hydrogen-bond acceptors (Lipinski definition) is 6. The molecule has 0 spiro atoms. The van der Waals surface area contributed by atoms with Crippen molar-refractivity contribution < 1.29 is 23.5 Å². The van der Waals surface area contributed by atoms with Crippen LogP contribution in [0.1, 0.15) is 37.1 Å². The molecule has 2 heterocycles. The monoisotopic (exact) mass is 376 g/mol. The van der Waals surface area contributed by atoms with Crippen LogP contribution in [0.4, 0.5) is 0 Å². The molecule has 0 aliphatic carbocycles.